The summed E-state index contributed by atoms with van der Waals surface area (Å²) in [6, 6.07) is 5.02. The first-order chi connectivity index (χ1) is 9.90. The largest absolute Gasteiger partial charge is 0.356 e. The van der Waals surface area contributed by atoms with Crippen LogP contribution in [0.1, 0.15) is 20.3 Å². The van der Waals surface area contributed by atoms with E-state index < -0.39 is 0 Å². The van der Waals surface area contributed by atoms with Crippen LogP contribution in [0, 0.1) is 17.8 Å². The highest BCUT2D eigenvalue weighted by atomic mass is 35.5. The molecule has 1 aromatic carbocycles. The number of benzene rings is 1. The van der Waals surface area contributed by atoms with Crippen molar-refractivity contribution in [3.05, 3.63) is 28.2 Å². The summed E-state index contributed by atoms with van der Waals surface area (Å²) in [6.45, 7) is 4.67. The molecule has 2 N–H and O–H groups in total. The fourth-order valence-corrected chi connectivity index (χ4v) is 2.54. The minimum atomic E-state index is -0.301. The number of anilines is 1. The van der Waals surface area contributed by atoms with Crippen molar-refractivity contribution in [3.63, 3.8) is 0 Å². The number of hydrogen-bond donors (Lipinski definition) is 2. The van der Waals surface area contributed by atoms with Crippen LogP contribution in [0.15, 0.2) is 18.2 Å². The molecule has 1 aliphatic rings. The van der Waals surface area contributed by atoms with Crippen LogP contribution >= 0.6 is 23.2 Å². The van der Waals surface area contributed by atoms with E-state index in [0.717, 1.165) is 0 Å². The number of halogens is 2. The SMILES string of the molecule is CC(C)CNC(=O)C1CC1C(=O)Nc1c(Cl)cccc1Cl. The van der Waals surface area contributed by atoms with Crippen LogP contribution in [0.3, 0.4) is 0 Å². The monoisotopic (exact) mass is 328 g/mol. The molecule has 2 atom stereocenters. The van der Waals surface area contributed by atoms with Crippen molar-refractivity contribution in [2.24, 2.45) is 17.8 Å². The number of amides is 2. The molecule has 0 saturated heterocycles. The number of nitrogens with one attached hydrogen (secondary N) is 2. The summed E-state index contributed by atoms with van der Waals surface area (Å²) in [7, 11) is 0. The molecule has 0 heterocycles. The van der Waals surface area contributed by atoms with Gasteiger partial charge in [0.25, 0.3) is 0 Å². The molecule has 1 aromatic rings. The molecule has 0 aromatic heterocycles. The number of carbonyl (C=O) groups excluding carboxylic acids is 2. The topological polar surface area (TPSA) is 58.2 Å². The van der Waals surface area contributed by atoms with Gasteiger partial charge in [0.1, 0.15) is 0 Å². The van der Waals surface area contributed by atoms with E-state index in [-0.39, 0.29) is 23.7 Å². The molecular formula is C15H18Cl2N2O2. The first kappa shape index (κ1) is 16.1. The molecule has 6 heteroatoms. The van der Waals surface area contributed by atoms with Crippen LogP contribution in [0.5, 0.6) is 0 Å². The molecule has 0 spiro atoms. The van der Waals surface area contributed by atoms with Crippen LogP contribution < -0.4 is 10.6 Å². The van der Waals surface area contributed by atoms with Crippen molar-refractivity contribution in [3.8, 4) is 0 Å². The molecule has 21 heavy (non-hydrogen) atoms. The molecule has 0 aliphatic heterocycles. The Morgan fingerprint density at radius 2 is 1.76 bits per heavy atom. The molecule has 1 aliphatic carbocycles. The molecule has 1 saturated carbocycles. The lowest BCUT2D eigenvalue weighted by molar-refractivity contribution is -0.125. The van der Waals surface area contributed by atoms with E-state index in [4.69, 9.17) is 23.2 Å². The second kappa shape index (κ2) is 6.67. The van der Waals surface area contributed by atoms with E-state index in [1.165, 1.54) is 0 Å². The first-order valence-corrected chi connectivity index (χ1v) is 7.68. The molecule has 1 fully saturated rings. The van der Waals surface area contributed by atoms with Crippen molar-refractivity contribution >= 4 is 40.7 Å². The third-order valence-electron chi connectivity index (χ3n) is 3.36. The van der Waals surface area contributed by atoms with E-state index in [9.17, 15) is 9.59 Å². The van der Waals surface area contributed by atoms with Gasteiger partial charge in [0, 0.05) is 6.54 Å². The first-order valence-electron chi connectivity index (χ1n) is 6.92. The minimum Gasteiger partial charge on any atom is -0.356 e. The lowest BCUT2D eigenvalue weighted by atomic mass is 10.2. The van der Waals surface area contributed by atoms with Crippen molar-refractivity contribution in [2.75, 3.05) is 11.9 Å². The van der Waals surface area contributed by atoms with Crippen molar-refractivity contribution in [1.29, 1.82) is 0 Å². The van der Waals surface area contributed by atoms with Crippen LogP contribution in [0.2, 0.25) is 10.0 Å². The van der Waals surface area contributed by atoms with Gasteiger partial charge in [0.05, 0.1) is 27.6 Å². The molecular weight excluding hydrogens is 311 g/mol. The van der Waals surface area contributed by atoms with Crippen molar-refractivity contribution in [1.82, 2.24) is 5.32 Å². The molecule has 114 valence electrons. The molecule has 2 unspecified atom stereocenters. The Kier molecular flexibility index (Phi) is 5.12. The third-order valence-corrected chi connectivity index (χ3v) is 3.99. The minimum absolute atomic E-state index is 0.0610. The number of rotatable bonds is 5. The maximum absolute atomic E-state index is 12.1. The van der Waals surface area contributed by atoms with Crippen molar-refractivity contribution < 1.29 is 9.59 Å². The summed E-state index contributed by atoms with van der Waals surface area (Å²) in [5.41, 5.74) is 0.402. The summed E-state index contributed by atoms with van der Waals surface area (Å²) in [5.74, 6) is -0.430. The number of carbonyl (C=O) groups is 2. The number of hydrogen-bond acceptors (Lipinski definition) is 2. The third kappa shape index (κ3) is 4.11. The average molecular weight is 329 g/mol. The molecule has 0 radical (unpaired) electrons. The van der Waals surface area contributed by atoms with E-state index in [1.54, 1.807) is 18.2 Å². The van der Waals surface area contributed by atoms with Gasteiger partial charge in [0.15, 0.2) is 0 Å². The maximum Gasteiger partial charge on any atom is 0.228 e. The Hall–Kier alpha value is -1.26. The van der Waals surface area contributed by atoms with Crippen LogP contribution in [0.4, 0.5) is 5.69 Å². The predicted molar refractivity (Wildman–Crippen MR) is 84.5 cm³/mol. The average Bonchev–Trinajstić information content (AvgIpc) is 3.20. The lowest BCUT2D eigenvalue weighted by Crippen LogP contribution is -2.30. The summed E-state index contributed by atoms with van der Waals surface area (Å²) in [6.07, 6.45) is 0.567. The lowest BCUT2D eigenvalue weighted by Gasteiger charge is -2.09. The highest BCUT2D eigenvalue weighted by Gasteiger charge is 2.48. The van der Waals surface area contributed by atoms with E-state index in [0.29, 0.717) is 34.6 Å². The van der Waals surface area contributed by atoms with Gasteiger partial charge in [-0.25, -0.2) is 0 Å². The van der Waals surface area contributed by atoms with Gasteiger partial charge in [0.2, 0.25) is 11.8 Å². The highest BCUT2D eigenvalue weighted by Crippen LogP contribution is 2.40. The van der Waals surface area contributed by atoms with E-state index in [2.05, 4.69) is 10.6 Å². The Morgan fingerprint density at radius 1 is 1.19 bits per heavy atom. The smallest absolute Gasteiger partial charge is 0.228 e. The van der Waals surface area contributed by atoms with Gasteiger partial charge in [-0.15, -0.1) is 0 Å². The quantitative estimate of drug-likeness (QED) is 0.870. The Balaban J connectivity index is 1.90. The van der Waals surface area contributed by atoms with E-state index in [1.807, 2.05) is 13.8 Å². The zero-order valence-electron chi connectivity index (χ0n) is 12.0. The zero-order chi connectivity index (χ0) is 15.6. The second-order valence-electron chi connectivity index (χ2n) is 5.67. The normalized spacial score (nSPS) is 20.2. The van der Waals surface area contributed by atoms with Crippen LogP contribution in [-0.4, -0.2) is 18.4 Å². The molecule has 2 rings (SSSR count). The summed E-state index contributed by atoms with van der Waals surface area (Å²) < 4.78 is 0. The Morgan fingerprint density at radius 3 is 2.33 bits per heavy atom. The predicted octanol–water partition coefficient (Wildman–Crippen LogP) is 3.34. The Labute approximate surface area is 134 Å². The van der Waals surface area contributed by atoms with Gasteiger partial charge < -0.3 is 10.6 Å². The fourth-order valence-electron chi connectivity index (χ4n) is 2.04. The van der Waals surface area contributed by atoms with Crippen LogP contribution in [0.25, 0.3) is 0 Å². The maximum atomic E-state index is 12.1. The van der Waals surface area contributed by atoms with Gasteiger partial charge in [-0.3, -0.25) is 9.59 Å². The standard InChI is InChI=1S/C15H18Cl2N2O2/c1-8(2)7-18-14(20)9-6-10(9)15(21)19-13-11(16)4-3-5-12(13)17/h3-5,8-10H,6-7H2,1-2H3,(H,18,20)(H,19,21). The number of para-hydroxylation sites is 1. The summed E-state index contributed by atoms with van der Waals surface area (Å²) in [5, 5.41) is 6.32. The highest BCUT2D eigenvalue weighted by molar-refractivity contribution is 6.39. The van der Waals surface area contributed by atoms with Crippen LogP contribution in [-0.2, 0) is 9.59 Å². The molecule has 0 bridgehead atoms. The molecule has 2 amide bonds. The van der Waals surface area contributed by atoms with E-state index >= 15 is 0 Å². The zero-order valence-corrected chi connectivity index (χ0v) is 13.5. The van der Waals surface area contributed by atoms with Gasteiger partial charge in [-0.05, 0) is 24.5 Å². The van der Waals surface area contributed by atoms with Gasteiger partial charge in [-0.1, -0.05) is 43.1 Å². The second-order valence-corrected chi connectivity index (χ2v) is 6.49. The van der Waals surface area contributed by atoms with Gasteiger partial charge in [-0.2, -0.15) is 0 Å². The van der Waals surface area contributed by atoms with Crippen molar-refractivity contribution in [2.45, 2.75) is 20.3 Å². The van der Waals surface area contributed by atoms with Gasteiger partial charge >= 0.3 is 0 Å². The summed E-state index contributed by atoms with van der Waals surface area (Å²) >= 11 is 12.0. The fraction of sp³-hybridized carbons (Fsp3) is 0.467. The Bertz CT molecular complexity index is 540. The molecule has 4 nitrogen and oxygen atoms in total. The summed E-state index contributed by atoms with van der Waals surface area (Å²) in [4.78, 5) is 24.0.